The van der Waals surface area contributed by atoms with Crippen LogP contribution in [0, 0.1) is 5.92 Å². The average Bonchev–Trinajstić information content (AvgIpc) is 3.05. The highest BCUT2D eigenvalue weighted by molar-refractivity contribution is 7.47. The van der Waals surface area contributed by atoms with Crippen molar-refractivity contribution >= 4 is 15.6 Å². The fourth-order valence-corrected chi connectivity index (χ4v) is 5.21. The number of phosphoric acid groups is 2. The number of nitrogens with two attached hydrogens (primary N) is 1. The Balaban J connectivity index is 1.86. The largest absolute Gasteiger partial charge is 0.472 e. The van der Waals surface area contributed by atoms with E-state index in [9.17, 15) is 29.1 Å². The molecule has 13 nitrogen and oxygen atoms in total. The lowest BCUT2D eigenvalue weighted by Gasteiger charge is -2.24. The first-order chi connectivity index (χ1) is 12.6. The Hall–Kier alpha value is 0.0200. The second-order valence-corrected chi connectivity index (χ2v) is 9.23. The van der Waals surface area contributed by atoms with Gasteiger partial charge in [-0.3, -0.25) is 18.1 Å². The molecule has 2 bridgehead atoms. The molecule has 0 radical (unpaired) electrons. The first kappa shape index (κ1) is 21.7. The van der Waals surface area contributed by atoms with Crippen molar-refractivity contribution in [1.82, 2.24) is 0 Å². The van der Waals surface area contributed by atoms with Crippen LogP contribution in [0.3, 0.4) is 0 Å². The van der Waals surface area contributed by atoms with Crippen LogP contribution >= 0.6 is 15.6 Å². The minimum absolute atomic E-state index is 0.130. The number of hydrogen-bond acceptors (Lipinski definition) is 11. The van der Waals surface area contributed by atoms with Crippen LogP contribution in [0.2, 0.25) is 0 Å². The number of aliphatic hydroxyl groups is 2. The van der Waals surface area contributed by atoms with E-state index in [-0.39, 0.29) is 19.6 Å². The third-order valence-electron chi connectivity index (χ3n) is 4.54. The van der Waals surface area contributed by atoms with Crippen molar-refractivity contribution in [2.45, 2.75) is 43.2 Å². The summed E-state index contributed by atoms with van der Waals surface area (Å²) >= 11 is 0. The number of hydrogen-bond donors (Lipinski definition) is 5. The smallest absolute Gasteiger partial charge is 0.388 e. The number of ether oxygens (including phenoxy) is 2. The summed E-state index contributed by atoms with van der Waals surface area (Å²) in [5.74, 6) is -0.712. The monoisotopic (exact) mass is 435 g/mol. The molecule has 0 amide bonds. The molecule has 15 heteroatoms. The maximum absolute atomic E-state index is 12.3. The molecule has 3 saturated heterocycles. The molecule has 27 heavy (non-hydrogen) atoms. The van der Waals surface area contributed by atoms with Gasteiger partial charge in [0.15, 0.2) is 6.29 Å². The Morgan fingerprint density at radius 2 is 1.52 bits per heavy atom. The van der Waals surface area contributed by atoms with E-state index >= 15 is 0 Å². The zero-order chi connectivity index (χ0) is 19.8. The summed E-state index contributed by atoms with van der Waals surface area (Å²) in [6.45, 7) is -1.17. The highest BCUT2D eigenvalue weighted by atomic mass is 31.2. The van der Waals surface area contributed by atoms with Gasteiger partial charge in [-0.15, -0.1) is 0 Å². The molecule has 0 aliphatic carbocycles. The normalized spacial score (nSPS) is 51.8. The molecule has 3 rings (SSSR count). The molecular formula is C12H23NO12P2. The van der Waals surface area contributed by atoms with Gasteiger partial charge >= 0.3 is 15.6 Å². The quantitative estimate of drug-likeness (QED) is 0.313. The highest BCUT2D eigenvalue weighted by Crippen LogP contribution is 2.52. The molecule has 158 valence electrons. The summed E-state index contributed by atoms with van der Waals surface area (Å²) in [6.07, 6.45) is -7.34. The molecule has 0 spiro atoms. The molecule has 0 aromatic heterocycles. The zero-order valence-corrected chi connectivity index (χ0v) is 15.9. The molecule has 6 N–H and O–H groups in total. The fourth-order valence-electron chi connectivity index (χ4n) is 3.26. The van der Waals surface area contributed by atoms with Crippen LogP contribution in [0.25, 0.3) is 0 Å². The third kappa shape index (κ3) is 5.14. The summed E-state index contributed by atoms with van der Waals surface area (Å²) in [5.41, 5.74) is 5.53. The van der Waals surface area contributed by atoms with Gasteiger partial charge in [0.05, 0.1) is 25.9 Å². The molecule has 0 saturated carbocycles. The Morgan fingerprint density at radius 1 is 0.926 bits per heavy atom. The fraction of sp³-hybridized carbons (Fsp3) is 1.00. The van der Waals surface area contributed by atoms with E-state index in [4.69, 9.17) is 33.3 Å². The Bertz CT molecular complexity index is 621. The van der Waals surface area contributed by atoms with Crippen LogP contribution in [-0.4, -0.2) is 83.2 Å². The van der Waals surface area contributed by atoms with Crippen molar-refractivity contribution in [2.75, 3.05) is 26.4 Å². The van der Waals surface area contributed by atoms with Crippen molar-refractivity contribution in [3.05, 3.63) is 0 Å². The molecule has 0 aromatic rings. The van der Waals surface area contributed by atoms with E-state index in [0.717, 1.165) is 0 Å². The summed E-state index contributed by atoms with van der Waals surface area (Å²) in [6, 6.07) is 0. The average molecular weight is 435 g/mol. The van der Waals surface area contributed by atoms with Gasteiger partial charge in [0.1, 0.15) is 24.4 Å². The predicted octanol–water partition coefficient (Wildman–Crippen LogP) is -1.55. The standard InChI is InChI=1S/C12H23NO12P2/c13-2-1-6-8-4-21-27(18,19)25-11-7(14)3-20-9(11)5-22-26(16,17)24-10(6)12(15)23-8/h6-12,14-15H,1-5,13H2,(H,16,17)(H,18,19). The number of fused-ring (bicyclic) bond motifs is 3. The second kappa shape index (κ2) is 8.41. The van der Waals surface area contributed by atoms with Crippen molar-refractivity contribution in [2.24, 2.45) is 11.7 Å². The van der Waals surface area contributed by atoms with Crippen LogP contribution in [-0.2, 0) is 36.7 Å². The maximum atomic E-state index is 12.3. The van der Waals surface area contributed by atoms with Crippen LogP contribution in [0.4, 0.5) is 0 Å². The number of phosphoric ester groups is 2. The first-order valence-corrected chi connectivity index (χ1v) is 11.3. The van der Waals surface area contributed by atoms with E-state index in [1.54, 1.807) is 0 Å². The Morgan fingerprint density at radius 3 is 2.15 bits per heavy atom. The van der Waals surface area contributed by atoms with Crippen molar-refractivity contribution in [1.29, 1.82) is 0 Å². The highest BCUT2D eigenvalue weighted by Gasteiger charge is 2.50. The first-order valence-electron chi connectivity index (χ1n) is 8.26. The lowest BCUT2D eigenvalue weighted by Crippen LogP contribution is -2.35. The van der Waals surface area contributed by atoms with Crippen LogP contribution in [0.15, 0.2) is 0 Å². The molecule has 3 aliphatic heterocycles. The molecule has 0 aromatic carbocycles. The van der Waals surface area contributed by atoms with Crippen LogP contribution in [0.5, 0.6) is 0 Å². The number of rotatable bonds is 2. The van der Waals surface area contributed by atoms with Crippen molar-refractivity contribution in [3.8, 4) is 0 Å². The van der Waals surface area contributed by atoms with E-state index in [1.165, 1.54) is 0 Å². The maximum Gasteiger partial charge on any atom is 0.472 e. The minimum Gasteiger partial charge on any atom is -0.388 e. The predicted molar refractivity (Wildman–Crippen MR) is 85.1 cm³/mol. The van der Waals surface area contributed by atoms with Gasteiger partial charge in [-0.05, 0) is 13.0 Å². The lowest BCUT2D eigenvalue weighted by atomic mass is 9.95. The van der Waals surface area contributed by atoms with Gasteiger partial charge in [0.2, 0.25) is 0 Å². The van der Waals surface area contributed by atoms with Gasteiger partial charge in [-0.2, -0.15) is 0 Å². The van der Waals surface area contributed by atoms with Gasteiger partial charge in [-0.25, -0.2) is 9.13 Å². The van der Waals surface area contributed by atoms with Crippen molar-refractivity contribution < 1.29 is 56.7 Å². The molecule has 9 unspecified atom stereocenters. The summed E-state index contributed by atoms with van der Waals surface area (Å²) in [5, 5.41) is 19.9. The molecular weight excluding hydrogens is 412 g/mol. The topological polar surface area (TPSA) is 196 Å². The van der Waals surface area contributed by atoms with Gasteiger partial charge in [-0.1, -0.05) is 0 Å². The summed E-state index contributed by atoms with van der Waals surface area (Å²) < 4.78 is 54.7. The second-order valence-electron chi connectivity index (χ2n) is 6.41. The minimum atomic E-state index is -4.67. The lowest BCUT2D eigenvalue weighted by molar-refractivity contribution is -0.133. The van der Waals surface area contributed by atoms with E-state index in [0.29, 0.717) is 0 Å². The van der Waals surface area contributed by atoms with Gasteiger partial charge in [0.25, 0.3) is 0 Å². The van der Waals surface area contributed by atoms with Gasteiger partial charge < -0.3 is 35.2 Å². The third-order valence-corrected chi connectivity index (χ3v) is 6.51. The zero-order valence-electron chi connectivity index (χ0n) is 14.1. The van der Waals surface area contributed by atoms with Crippen molar-refractivity contribution in [3.63, 3.8) is 0 Å². The number of aliphatic hydroxyl groups excluding tert-OH is 2. The van der Waals surface area contributed by atoms with Gasteiger partial charge in [0, 0.05) is 5.92 Å². The molecule has 9 atom stereocenters. The SMILES string of the molecule is NCCC1C2COP(=O)(O)OC3C(O)COC3COP(=O)(O)OC1C(O)O2. The van der Waals surface area contributed by atoms with E-state index < -0.39 is 71.6 Å². The Labute approximate surface area is 154 Å². The van der Waals surface area contributed by atoms with E-state index in [1.807, 2.05) is 0 Å². The summed E-state index contributed by atoms with van der Waals surface area (Å²) in [7, 11) is -9.32. The summed E-state index contributed by atoms with van der Waals surface area (Å²) in [4.78, 5) is 19.9. The Kier molecular flexibility index (Phi) is 6.76. The van der Waals surface area contributed by atoms with Crippen LogP contribution in [0.1, 0.15) is 6.42 Å². The van der Waals surface area contributed by atoms with Crippen LogP contribution < -0.4 is 5.73 Å². The molecule has 3 heterocycles. The molecule has 3 aliphatic rings. The van der Waals surface area contributed by atoms with E-state index in [2.05, 4.69) is 0 Å². The molecule has 3 fully saturated rings.